The summed E-state index contributed by atoms with van der Waals surface area (Å²) in [4.78, 5) is 34.9. The standard InChI is InChI=1S/C43H70NO10P/c1-5-7-8-9-10-11-12-13-14-15-16-19-22-27-38(45)28-25-31-42(46)50-34-39(35-52-55(48,49)51-33-32-44)53-43(47)30-24-21-18-17-20-23-29-41-37(4)36(3)40(54-41)26-6-2/h7-8,10-11,13-14,16,19,22,27,38-39,45H,5-6,9,12,15,17-18,20-21,23-26,28-35,44H2,1-4H3,(H,48,49)/b8-7-,11-10-,14-13-,19-16-,27-22+/t38?,39-/m1/s1. The lowest BCUT2D eigenvalue weighted by Crippen LogP contribution is -2.29. The van der Waals surface area contributed by atoms with Crippen molar-refractivity contribution >= 4 is 19.8 Å². The fraction of sp³-hybridized carbons (Fsp3) is 0.628. The van der Waals surface area contributed by atoms with Crippen LogP contribution in [0.25, 0.3) is 0 Å². The van der Waals surface area contributed by atoms with Crippen LogP contribution in [0.1, 0.15) is 133 Å². The molecule has 12 heteroatoms. The lowest BCUT2D eigenvalue weighted by molar-refractivity contribution is -0.161. The van der Waals surface area contributed by atoms with E-state index >= 15 is 0 Å². The minimum absolute atomic E-state index is 0.0160. The fourth-order valence-electron chi connectivity index (χ4n) is 5.47. The van der Waals surface area contributed by atoms with Crippen molar-refractivity contribution < 1.29 is 47.1 Å². The average Bonchev–Trinajstić information content (AvgIpc) is 3.42. The number of phosphoric ester groups is 1. The van der Waals surface area contributed by atoms with Gasteiger partial charge < -0.3 is 29.6 Å². The monoisotopic (exact) mass is 791 g/mol. The van der Waals surface area contributed by atoms with E-state index < -0.39 is 38.6 Å². The minimum Gasteiger partial charge on any atom is -0.466 e. The van der Waals surface area contributed by atoms with Crippen molar-refractivity contribution in [1.82, 2.24) is 0 Å². The van der Waals surface area contributed by atoms with Crippen LogP contribution in [-0.4, -0.2) is 60.5 Å². The maximum atomic E-state index is 12.6. The number of aliphatic hydroxyl groups excluding tert-OH is 1. The molecule has 0 radical (unpaired) electrons. The van der Waals surface area contributed by atoms with Crippen LogP contribution >= 0.6 is 7.82 Å². The van der Waals surface area contributed by atoms with Gasteiger partial charge >= 0.3 is 19.8 Å². The Morgan fingerprint density at radius 3 is 2.02 bits per heavy atom. The van der Waals surface area contributed by atoms with Crippen molar-refractivity contribution in [2.24, 2.45) is 5.73 Å². The van der Waals surface area contributed by atoms with Crippen molar-refractivity contribution in [1.29, 1.82) is 0 Å². The van der Waals surface area contributed by atoms with Crippen molar-refractivity contribution in [3.8, 4) is 0 Å². The molecule has 4 N–H and O–H groups in total. The number of unbranched alkanes of at least 4 members (excludes halogenated alkanes) is 5. The number of carbonyl (C=O) groups is 2. The van der Waals surface area contributed by atoms with Gasteiger partial charge in [-0.1, -0.05) is 100 Å². The van der Waals surface area contributed by atoms with E-state index in [9.17, 15) is 24.2 Å². The lowest BCUT2D eigenvalue weighted by atomic mass is 10.0. The van der Waals surface area contributed by atoms with Gasteiger partial charge in [-0.3, -0.25) is 18.6 Å². The predicted molar refractivity (Wildman–Crippen MR) is 220 cm³/mol. The highest BCUT2D eigenvalue weighted by molar-refractivity contribution is 7.47. The third-order valence-corrected chi connectivity index (χ3v) is 9.68. The normalized spacial score (nSPS) is 14.5. The zero-order chi connectivity index (χ0) is 40.6. The summed E-state index contributed by atoms with van der Waals surface area (Å²) in [5.41, 5.74) is 7.87. The maximum absolute atomic E-state index is 12.6. The van der Waals surface area contributed by atoms with Gasteiger partial charge in [-0.2, -0.15) is 0 Å². The molecule has 0 fully saturated rings. The summed E-state index contributed by atoms with van der Waals surface area (Å²) in [5, 5.41) is 10.2. The molecule has 1 heterocycles. The Morgan fingerprint density at radius 2 is 1.36 bits per heavy atom. The van der Waals surface area contributed by atoms with Crippen molar-refractivity contribution in [2.75, 3.05) is 26.4 Å². The van der Waals surface area contributed by atoms with E-state index in [0.717, 1.165) is 88.6 Å². The number of allylic oxidation sites excluding steroid dienone is 9. The van der Waals surface area contributed by atoms with Crippen molar-refractivity contribution in [3.05, 3.63) is 83.4 Å². The molecule has 0 aromatic carbocycles. The van der Waals surface area contributed by atoms with E-state index in [1.165, 1.54) is 11.1 Å². The molecule has 1 aromatic heterocycles. The lowest BCUT2D eigenvalue weighted by Gasteiger charge is -2.20. The summed E-state index contributed by atoms with van der Waals surface area (Å²) >= 11 is 0. The molecule has 1 aromatic rings. The van der Waals surface area contributed by atoms with Gasteiger partial charge in [0.1, 0.15) is 18.1 Å². The van der Waals surface area contributed by atoms with E-state index in [1.54, 1.807) is 12.2 Å². The molecule has 0 saturated carbocycles. The Bertz CT molecular complexity index is 1380. The maximum Gasteiger partial charge on any atom is 0.472 e. The summed E-state index contributed by atoms with van der Waals surface area (Å²) < 4.78 is 38.7. The van der Waals surface area contributed by atoms with Gasteiger partial charge in [0.25, 0.3) is 0 Å². The van der Waals surface area contributed by atoms with Crippen LogP contribution < -0.4 is 5.73 Å². The zero-order valence-electron chi connectivity index (χ0n) is 34.0. The van der Waals surface area contributed by atoms with Gasteiger partial charge in [0.2, 0.25) is 0 Å². The van der Waals surface area contributed by atoms with E-state index in [1.807, 2.05) is 12.2 Å². The quantitative estimate of drug-likeness (QED) is 0.0204. The molecule has 55 heavy (non-hydrogen) atoms. The van der Waals surface area contributed by atoms with Gasteiger partial charge in [0, 0.05) is 32.2 Å². The summed E-state index contributed by atoms with van der Waals surface area (Å²) in [7, 11) is -4.44. The second-order valence-electron chi connectivity index (χ2n) is 13.6. The number of carbonyl (C=O) groups excluding carboxylic acids is 2. The van der Waals surface area contributed by atoms with Crippen LogP contribution in [-0.2, 0) is 45.5 Å². The van der Waals surface area contributed by atoms with Gasteiger partial charge in [-0.15, -0.1) is 0 Å². The number of ether oxygens (including phenoxy) is 2. The average molecular weight is 792 g/mol. The van der Waals surface area contributed by atoms with Crippen LogP contribution in [0.15, 0.2) is 65.2 Å². The number of esters is 2. The van der Waals surface area contributed by atoms with Gasteiger partial charge in [0.15, 0.2) is 6.10 Å². The smallest absolute Gasteiger partial charge is 0.466 e. The molecule has 0 aliphatic rings. The molecule has 1 rings (SSSR count). The van der Waals surface area contributed by atoms with Crippen molar-refractivity contribution in [2.45, 2.75) is 149 Å². The minimum atomic E-state index is -4.44. The molecule has 3 atom stereocenters. The number of hydrogen-bond donors (Lipinski definition) is 3. The predicted octanol–water partition coefficient (Wildman–Crippen LogP) is 9.56. The molecule has 2 unspecified atom stereocenters. The number of hydrogen-bond acceptors (Lipinski definition) is 10. The highest BCUT2D eigenvalue weighted by Gasteiger charge is 2.26. The van der Waals surface area contributed by atoms with Gasteiger partial charge in [-0.25, -0.2) is 4.57 Å². The van der Waals surface area contributed by atoms with Crippen LogP contribution in [0.3, 0.4) is 0 Å². The third-order valence-electron chi connectivity index (χ3n) is 8.69. The molecule has 312 valence electrons. The molecule has 0 saturated heterocycles. The second-order valence-corrected chi connectivity index (χ2v) is 15.0. The van der Waals surface area contributed by atoms with E-state index in [-0.39, 0.29) is 32.6 Å². The first-order valence-corrected chi connectivity index (χ1v) is 21.7. The first kappa shape index (κ1) is 50.0. The number of phosphoric acid groups is 1. The first-order valence-electron chi connectivity index (χ1n) is 20.2. The summed E-state index contributed by atoms with van der Waals surface area (Å²) in [6, 6.07) is 0. The van der Waals surface area contributed by atoms with Crippen LogP contribution in [0, 0.1) is 13.8 Å². The Hall–Kier alpha value is -3.05. The number of aryl methyl sites for hydroxylation is 2. The topological polar surface area (TPSA) is 168 Å². The summed E-state index contributed by atoms with van der Waals surface area (Å²) in [6.07, 6.45) is 31.5. The molecule has 0 bridgehead atoms. The molecular formula is C43H70NO10P. The Morgan fingerprint density at radius 1 is 0.764 bits per heavy atom. The van der Waals surface area contributed by atoms with Crippen LogP contribution in [0.5, 0.6) is 0 Å². The van der Waals surface area contributed by atoms with E-state index in [0.29, 0.717) is 19.3 Å². The Labute approximate surface area is 330 Å². The largest absolute Gasteiger partial charge is 0.472 e. The zero-order valence-corrected chi connectivity index (χ0v) is 34.9. The second kappa shape index (κ2) is 32.1. The fourth-order valence-corrected chi connectivity index (χ4v) is 6.24. The third kappa shape index (κ3) is 26.4. The molecule has 11 nitrogen and oxygen atoms in total. The number of rotatable bonds is 33. The van der Waals surface area contributed by atoms with Crippen LogP contribution in [0.4, 0.5) is 0 Å². The summed E-state index contributed by atoms with van der Waals surface area (Å²) in [5.74, 6) is 1.13. The van der Waals surface area contributed by atoms with Crippen LogP contribution in [0.2, 0.25) is 0 Å². The van der Waals surface area contributed by atoms with Gasteiger partial charge in [-0.05, 0) is 82.8 Å². The van der Waals surface area contributed by atoms with E-state index in [4.69, 9.17) is 28.7 Å². The highest BCUT2D eigenvalue weighted by atomic mass is 31.2. The SMILES string of the molecule is CC/C=C\C/C=C\C/C=C\C/C=C\C=C\C(O)CCCC(=O)OC[C@H](COP(=O)(O)OCCN)OC(=O)CCCCCCCCc1oc(CCC)c(C)c1C. The Balaban J connectivity index is 2.38. The summed E-state index contributed by atoms with van der Waals surface area (Å²) in [6.45, 7) is 7.50. The highest BCUT2D eigenvalue weighted by Crippen LogP contribution is 2.43. The number of aliphatic hydroxyl groups is 1. The molecular weight excluding hydrogens is 721 g/mol. The van der Waals surface area contributed by atoms with E-state index in [2.05, 4.69) is 64.2 Å². The molecule has 0 spiro atoms. The molecule has 0 amide bonds. The number of furan rings is 1. The Kier molecular flexibility index (Phi) is 29.1. The number of nitrogens with two attached hydrogens (primary N) is 1. The van der Waals surface area contributed by atoms with Crippen molar-refractivity contribution in [3.63, 3.8) is 0 Å². The molecule has 0 aliphatic carbocycles. The first-order chi connectivity index (χ1) is 26.5. The van der Waals surface area contributed by atoms with Gasteiger partial charge in [0.05, 0.1) is 19.3 Å². The molecule has 0 aliphatic heterocycles.